The molecule has 0 aliphatic heterocycles. The number of rotatable bonds is 7. The highest BCUT2D eigenvalue weighted by Crippen LogP contribution is 2.49. The summed E-state index contributed by atoms with van der Waals surface area (Å²) < 4.78 is 4.78. The molecule has 2 unspecified atom stereocenters. The summed E-state index contributed by atoms with van der Waals surface area (Å²) in [5.74, 6) is 0.748. The van der Waals surface area contributed by atoms with Gasteiger partial charge in [0.25, 0.3) is 0 Å². The smallest absolute Gasteiger partial charge is 0.314 e. The molecule has 22 heavy (non-hydrogen) atoms. The van der Waals surface area contributed by atoms with E-state index in [0.29, 0.717) is 28.4 Å². The van der Waals surface area contributed by atoms with Crippen LogP contribution in [0.4, 0.5) is 4.79 Å². The van der Waals surface area contributed by atoms with Crippen molar-refractivity contribution < 1.29 is 14.6 Å². The van der Waals surface area contributed by atoms with Crippen LogP contribution in [0.3, 0.4) is 0 Å². The first-order valence-corrected chi connectivity index (χ1v) is 7.90. The first kappa shape index (κ1) is 17.3. The van der Waals surface area contributed by atoms with Gasteiger partial charge in [0.05, 0.1) is 12.7 Å². The fraction of sp³-hybridized carbons (Fsp3) is 0.533. The van der Waals surface area contributed by atoms with Crippen molar-refractivity contribution in [1.29, 1.82) is 0 Å². The lowest BCUT2D eigenvalue weighted by molar-refractivity contribution is 0.0660. The van der Waals surface area contributed by atoms with Gasteiger partial charge >= 0.3 is 6.03 Å². The molecule has 122 valence electrons. The van der Waals surface area contributed by atoms with Crippen LogP contribution in [0.15, 0.2) is 18.2 Å². The number of hydrogen-bond acceptors (Lipinski definition) is 3. The van der Waals surface area contributed by atoms with Crippen molar-refractivity contribution in [3.05, 3.63) is 33.8 Å². The van der Waals surface area contributed by atoms with E-state index in [-0.39, 0.29) is 19.2 Å². The highest BCUT2D eigenvalue weighted by Gasteiger charge is 2.39. The van der Waals surface area contributed by atoms with Crippen molar-refractivity contribution >= 4 is 29.2 Å². The number of amides is 2. The van der Waals surface area contributed by atoms with Gasteiger partial charge in [0.15, 0.2) is 0 Å². The number of ether oxygens (including phenoxy) is 1. The highest BCUT2D eigenvalue weighted by atomic mass is 35.5. The molecule has 1 aromatic rings. The molecular weight excluding hydrogens is 327 g/mol. The van der Waals surface area contributed by atoms with Crippen molar-refractivity contribution in [3.63, 3.8) is 0 Å². The summed E-state index contributed by atoms with van der Waals surface area (Å²) in [5, 5.41) is 16.1. The van der Waals surface area contributed by atoms with E-state index in [1.165, 1.54) is 7.11 Å². The third kappa shape index (κ3) is 5.02. The first-order valence-electron chi connectivity index (χ1n) is 7.15. The van der Waals surface area contributed by atoms with Crippen LogP contribution in [0, 0.1) is 5.92 Å². The summed E-state index contributed by atoms with van der Waals surface area (Å²) in [6, 6.07) is 5.22. The van der Waals surface area contributed by atoms with E-state index >= 15 is 0 Å². The largest absolute Gasteiger partial charge is 0.389 e. The van der Waals surface area contributed by atoms with Crippen LogP contribution in [0.5, 0.6) is 0 Å². The van der Waals surface area contributed by atoms with E-state index in [1.54, 1.807) is 6.07 Å². The molecule has 0 radical (unpaired) electrons. The number of methoxy groups -OCH3 is 1. The van der Waals surface area contributed by atoms with E-state index in [2.05, 4.69) is 10.6 Å². The summed E-state index contributed by atoms with van der Waals surface area (Å²) in [4.78, 5) is 11.6. The van der Waals surface area contributed by atoms with E-state index in [4.69, 9.17) is 27.9 Å². The average molecular weight is 347 g/mol. The third-order valence-corrected chi connectivity index (χ3v) is 4.23. The second kappa shape index (κ2) is 8.02. The Morgan fingerprint density at radius 1 is 1.45 bits per heavy atom. The predicted octanol–water partition coefficient (Wildman–Crippen LogP) is 2.40. The summed E-state index contributed by atoms with van der Waals surface area (Å²) >= 11 is 12.1. The van der Waals surface area contributed by atoms with E-state index in [9.17, 15) is 9.90 Å². The van der Waals surface area contributed by atoms with E-state index < -0.39 is 6.10 Å². The molecule has 1 aliphatic rings. The molecule has 1 fully saturated rings. The maximum Gasteiger partial charge on any atom is 0.314 e. The van der Waals surface area contributed by atoms with Crippen LogP contribution in [0.25, 0.3) is 0 Å². The summed E-state index contributed by atoms with van der Waals surface area (Å²) in [5.41, 5.74) is 1.08. The summed E-state index contributed by atoms with van der Waals surface area (Å²) in [6.07, 6.45) is 0.297. The van der Waals surface area contributed by atoms with Crippen LogP contribution in [-0.2, 0) is 4.74 Å². The molecular formula is C15H20Cl2N2O3. The second-order valence-corrected chi connectivity index (χ2v) is 6.31. The Balaban J connectivity index is 1.70. The highest BCUT2D eigenvalue weighted by molar-refractivity contribution is 6.35. The van der Waals surface area contributed by atoms with Gasteiger partial charge in [-0.3, -0.25) is 0 Å². The predicted molar refractivity (Wildman–Crippen MR) is 86.6 cm³/mol. The quantitative estimate of drug-likeness (QED) is 0.709. The molecule has 0 heterocycles. The normalized spacial score (nSPS) is 21.3. The molecule has 0 spiro atoms. The zero-order valence-corrected chi connectivity index (χ0v) is 13.8. The van der Waals surface area contributed by atoms with E-state index in [1.807, 2.05) is 12.1 Å². The molecule has 5 nitrogen and oxygen atoms in total. The van der Waals surface area contributed by atoms with E-state index in [0.717, 1.165) is 12.0 Å². The van der Waals surface area contributed by atoms with Crippen molar-refractivity contribution in [2.45, 2.75) is 18.4 Å². The molecule has 7 heteroatoms. The van der Waals surface area contributed by atoms with Gasteiger partial charge in [-0.15, -0.1) is 0 Å². The molecule has 2 amide bonds. The number of aliphatic hydroxyl groups excluding tert-OH is 1. The molecule has 1 aromatic carbocycles. The molecule has 0 saturated heterocycles. The second-order valence-electron chi connectivity index (χ2n) is 5.47. The minimum absolute atomic E-state index is 0.163. The number of carbonyl (C=O) groups is 1. The molecule has 1 saturated carbocycles. The van der Waals surface area contributed by atoms with Crippen LogP contribution in [0.2, 0.25) is 10.0 Å². The molecule has 3 N–H and O–H groups in total. The van der Waals surface area contributed by atoms with Crippen LogP contribution in [-0.4, -0.2) is 44.0 Å². The zero-order valence-electron chi connectivity index (χ0n) is 12.3. The molecule has 0 aromatic heterocycles. The minimum atomic E-state index is -0.697. The van der Waals surface area contributed by atoms with Crippen molar-refractivity contribution in [1.82, 2.24) is 10.6 Å². The Bertz CT molecular complexity index is 528. The molecule has 1 aliphatic carbocycles. The first-order chi connectivity index (χ1) is 10.5. The minimum Gasteiger partial charge on any atom is -0.389 e. The van der Waals surface area contributed by atoms with Gasteiger partial charge in [-0.1, -0.05) is 29.3 Å². The molecule has 2 rings (SSSR count). The third-order valence-electron chi connectivity index (χ3n) is 3.67. The van der Waals surface area contributed by atoms with Crippen LogP contribution < -0.4 is 10.6 Å². The maximum absolute atomic E-state index is 11.6. The zero-order chi connectivity index (χ0) is 16.1. The Hall–Kier alpha value is -1.01. The number of halogens is 2. The van der Waals surface area contributed by atoms with Crippen LogP contribution >= 0.6 is 23.2 Å². The van der Waals surface area contributed by atoms with Crippen LogP contribution in [0.1, 0.15) is 17.9 Å². The monoisotopic (exact) mass is 346 g/mol. The number of benzene rings is 1. The lowest BCUT2D eigenvalue weighted by Crippen LogP contribution is -2.41. The Kier molecular flexibility index (Phi) is 6.32. The maximum atomic E-state index is 11.6. The van der Waals surface area contributed by atoms with Crippen molar-refractivity contribution in [3.8, 4) is 0 Å². The number of aliphatic hydroxyl groups is 1. The van der Waals surface area contributed by atoms with Gasteiger partial charge in [0.1, 0.15) is 0 Å². The van der Waals surface area contributed by atoms with Gasteiger partial charge in [-0.2, -0.15) is 0 Å². The van der Waals surface area contributed by atoms with Crippen molar-refractivity contribution in [2.24, 2.45) is 5.92 Å². The molecule has 3 atom stereocenters. The number of carbonyl (C=O) groups excluding carboxylic acids is 1. The average Bonchev–Trinajstić information content (AvgIpc) is 3.22. The Morgan fingerprint density at radius 3 is 2.91 bits per heavy atom. The van der Waals surface area contributed by atoms with Gasteiger partial charge in [-0.05, 0) is 36.0 Å². The SMILES string of the molecule is COC[C@H](O)CNC(=O)NCC1CC1c1ccc(Cl)cc1Cl. The standard InChI is InChI=1S/C15H20Cl2N2O3/c1-22-8-11(20)7-19-15(21)18-6-9-4-13(9)12-3-2-10(16)5-14(12)17/h2-3,5,9,11,13,20H,4,6-8H2,1H3,(H2,18,19,21)/t9?,11-,13?/m1/s1. The number of urea groups is 1. The van der Waals surface area contributed by atoms with Gasteiger partial charge in [0, 0.05) is 30.2 Å². The fourth-order valence-corrected chi connectivity index (χ4v) is 2.95. The summed E-state index contributed by atoms with van der Waals surface area (Å²) in [7, 11) is 1.50. The summed E-state index contributed by atoms with van der Waals surface area (Å²) in [6.45, 7) is 0.937. The van der Waals surface area contributed by atoms with Gasteiger partial charge in [-0.25, -0.2) is 4.79 Å². The number of nitrogens with one attached hydrogen (secondary N) is 2. The number of hydrogen-bond donors (Lipinski definition) is 3. The lowest BCUT2D eigenvalue weighted by atomic mass is 10.1. The fourth-order valence-electron chi connectivity index (χ4n) is 2.40. The topological polar surface area (TPSA) is 70.6 Å². The lowest BCUT2D eigenvalue weighted by Gasteiger charge is -2.11. The van der Waals surface area contributed by atoms with Crippen molar-refractivity contribution in [2.75, 3.05) is 26.8 Å². The Labute approximate surface area is 139 Å². The molecule has 0 bridgehead atoms. The van der Waals surface area contributed by atoms with Gasteiger partial charge < -0.3 is 20.5 Å². The van der Waals surface area contributed by atoms with Gasteiger partial charge in [0.2, 0.25) is 0 Å². The Morgan fingerprint density at radius 2 is 2.23 bits per heavy atom.